The van der Waals surface area contributed by atoms with Gasteiger partial charge in [-0.3, -0.25) is 0 Å². The van der Waals surface area contributed by atoms with Crippen LogP contribution in [-0.2, 0) is 0 Å². The fourth-order valence-corrected chi connectivity index (χ4v) is 5.36. The Morgan fingerprint density at radius 2 is 0.778 bits per heavy atom. The molecule has 1 spiro atoms. The van der Waals surface area contributed by atoms with Gasteiger partial charge in [0.2, 0.25) is 0 Å². The minimum absolute atomic E-state index is 0.372. The summed E-state index contributed by atoms with van der Waals surface area (Å²) in [5.74, 6) is 1.49. The van der Waals surface area contributed by atoms with E-state index in [-0.39, 0.29) is 0 Å². The number of nitrogens with zero attached hydrogens (tertiary/aromatic N) is 6. The SMILES string of the molecule is CCN(CC)c1ccc2c(c1)OC1(Oc3cc(C)ccc3N=N2)Oc2cc(C)ccc2N=Nc2ccc(N(CC)CC)cc2O1. The smallest absolute Gasteiger partial charge is 0.384 e. The second-order valence-corrected chi connectivity index (χ2v) is 10.9. The molecule has 0 aliphatic carbocycles. The van der Waals surface area contributed by atoms with E-state index in [1.807, 2.05) is 86.6 Å². The lowest BCUT2D eigenvalue weighted by molar-refractivity contribution is -0.366. The van der Waals surface area contributed by atoms with Crippen molar-refractivity contribution in [3.05, 3.63) is 83.9 Å². The molecule has 4 aromatic carbocycles. The van der Waals surface area contributed by atoms with Gasteiger partial charge in [0, 0.05) is 49.7 Å². The molecule has 232 valence electrons. The first kappa shape index (κ1) is 29.9. The lowest BCUT2D eigenvalue weighted by atomic mass is 10.2. The Labute approximate surface area is 263 Å². The number of hydrogen-bond donors (Lipinski definition) is 0. The highest BCUT2D eigenvalue weighted by Crippen LogP contribution is 2.46. The highest BCUT2D eigenvalue weighted by Gasteiger charge is 2.47. The summed E-state index contributed by atoms with van der Waals surface area (Å²) in [7, 11) is 0. The quantitative estimate of drug-likeness (QED) is 0.217. The fourth-order valence-electron chi connectivity index (χ4n) is 5.36. The summed E-state index contributed by atoms with van der Waals surface area (Å²) in [6, 6.07) is 22.9. The molecule has 0 amide bonds. The largest absolute Gasteiger partial charge is 0.611 e. The van der Waals surface area contributed by atoms with Crippen molar-refractivity contribution in [2.75, 3.05) is 36.0 Å². The summed E-state index contributed by atoms with van der Waals surface area (Å²) in [6.45, 7) is 15.6. The number of azo groups is 2. The van der Waals surface area contributed by atoms with Crippen molar-refractivity contribution < 1.29 is 18.9 Å². The van der Waals surface area contributed by atoms with Crippen LogP contribution in [0.1, 0.15) is 38.8 Å². The first-order valence-electron chi connectivity index (χ1n) is 15.4. The number of hydrogen-bond acceptors (Lipinski definition) is 10. The van der Waals surface area contributed by atoms with Crippen LogP contribution in [0, 0.1) is 13.8 Å². The molecule has 0 radical (unpaired) electrons. The molecule has 4 aromatic rings. The van der Waals surface area contributed by atoms with Gasteiger partial charge in [-0.25, -0.2) is 0 Å². The summed E-state index contributed by atoms with van der Waals surface area (Å²) >= 11 is 0. The minimum Gasteiger partial charge on any atom is -0.384 e. The highest BCUT2D eigenvalue weighted by atomic mass is 17.0. The molecule has 45 heavy (non-hydrogen) atoms. The van der Waals surface area contributed by atoms with E-state index in [2.05, 4.69) is 58.0 Å². The summed E-state index contributed by atoms with van der Waals surface area (Å²) in [5, 5.41) is 18.3. The predicted molar refractivity (Wildman–Crippen MR) is 176 cm³/mol. The molecular weight excluding hydrogens is 568 g/mol. The lowest BCUT2D eigenvalue weighted by Gasteiger charge is -2.33. The predicted octanol–water partition coefficient (Wildman–Crippen LogP) is 9.68. The normalized spacial score (nSPS) is 16.3. The van der Waals surface area contributed by atoms with Crippen LogP contribution < -0.4 is 28.7 Å². The van der Waals surface area contributed by atoms with E-state index in [0.717, 1.165) is 48.7 Å². The third-order valence-electron chi connectivity index (χ3n) is 7.85. The van der Waals surface area contributed by atoms with Crippen LogP contribution in [0.4, 0.5) is 34.1 Å². The Bertz CT molecular complexity index is 1630. The maximum absolute atomic E-state index is 6.78. The van der Waals surface area contributed by atoms with Crippen molar-refractivity contribution in [1.82, 2.24) is 0 Å². The molecule has 0 fully saturated rings. The van der Waals surface area contributed by atoms with E-state index < -0.39 is 6.16 Å². The van der Waals surface area contributed by atoms with Crippen molar-refractivity contribution in [1.29, 1.82) is 0 Å². The maximum Gasteiger partial charge on any atom is 0.611 e. The lowest BCUT2D eigenvalue weighted by Crippen LogP contribution is -2.53. The van der Waals surface area contributed by atoms with Gasteiger partial charge in [0.25, 0.3) is 0 Å². The molecule has 0 bridgehead atoms. The van der Waals surface area contributed by atoms with Crippen molar-refractivity contribution >= 4 is 34.1 Å². The van der Waals surface area contributed by atoms with Gasteiger partial charge in [-0.2, -0.15) is 0 Å². The van der Waals surface area contributed by atoms with Gasteiger partial charge >= 0.3 is 6.16 Å². The van der Waals surface area contributed by atoms with Crippen LogP contribution in [0.2, 0.25) is 0 Å². The Balaban J connectivity index is 1.61. The Morgan fingerprint density at radius 3 is 1.11 bits per heavy atom. The minimum atomic E-state index is -2.18. The first-order valence-corrected chi connectivity index (χ1v) is 15.4. The fraction of sp³-hybridized carbons (Fsp3) is 0.314. The first-order chi connectivity index (χ1) is 21.8. The zero-order valence-corrected chi connectivity index (χ0v) is 26.6. The molecule has 0 unspecified atom stereocenters. The van der Waals surface area contributed by atoms with Gasteiger partial charge in [0.05, 0.1) is 0 Å². The van der Waals surface area contributed by atoms with Gasteiger partial charge in [-0.15, -0.1) is 20.5 Å². The number of benzene rings is 4. The van der Waals surface area contributed by atoms with Crippen LogP contribution in [-0.4, -0.2) is 32.3 Å². The van der Waals surface area contributed by atoms with Gasteiger partial charge in [0.15, 0.2) is 23.0 Å². The van der Waals surface area contributed by atoms with Crippen LogP contribution in [0.25, 0.3) is 0 Å². The molecular formula is C35H38N6O4. The van der Waals surface area contributed by atoms with E-state index >= 15 is 0 Å². The summed E-state index contributed by atoms with van der Waals surface area (Å²) in [4.78, 5) is 4.43. The molecule has 0 N–H and O–H groups in total. The van der Waals surface area contributed by atoms with Gasteiger partial charge in [0.1, 0.15) is 22.7 Å². The molecule has 6 rings (SSSR count). The molecule has 10 heteroatoms. The average Bonchev–Trinajstić information content (AvgIpc) is 3.12. The van der Waals surface area contributed by atoms with E-state index in [9.17, 15) is 0 Å². The van der Waals surface area contributed by atoms with Gasteiger partial charge in [-0.1, -0.05) is 12.1 Å². The topological polar surface area (TPSA) is 92.8 Å². The molecule has 2 aliphatic heterocycles. The third-order valence-corrected chi connectivity index (χ3v) is 7.85. The van der Waals surface area contributed by atoms with Crippen molar-refractivity contribution in [2.45, 2.75) is 47.7 Å². The van der Waals surface area contributed by atoms with E-state index in [1.54, 1.807) is 0 Å². The van der Waals surface area contributed by atoms with Crippen LogP contribution >= 0.6 is 0 Å². The third kappa shape index (κ3) is 6.13. The number of ether oxygens (including phenoxy) is 4. The maximum atomic E-state index is 6.78. The molecule has 0 aromatic heterocycles. The Hall–Kier alpha value is -5.12. The summed E-state index contributed by atoms with van der Waals surface area (Å²) < 4.78 is 27.0. The van der Waals surface area contributed by atoms with E-state index in [0.29, 0.717) is 45.7 Å². The highest BCUT2D eigenvalue weighted by molar-refractivity contribution is 5.65. The second-order valence-electron chi connectivity index (χ2n) is 10.9. The zero-order valence-electron chi connectivity index (χ0n) is 26.6. The Morgan fingerprint density at radius 1 is 0.467 bits per heavy atom. The van der Waals surface area contributed by atoms with Gasteiger partial charge in [-0.05, 0) is 101 Å². The molecule has 2 heterocycles. The molecule has 0 saturated carbocycles. The molecule has 0 saturated heterocycles. The average molecular weight is 607 g/mol. The summed E-state index contributed by atoms with van der Waals surface area (Å²) in [6.07, 6.45) is -2.18. The van der Waals surface area contributed by atoms with Crippen molar-refractivity contribution in [2.24, 2.45) is 20.5 Å². The van der Waals surface area contributed by atoms with Crippen LogP contribution in [0.5, 0.6) is 23.0 Å². The van der Waals surface area contributed by atoms with Crippen molar-refractivity contribution in [3.63, 3.8) is 0 Å². The monoisotopic (exact) mass is 606 g/mol. The van der Waals surface area contributed by atoms with E-state index in [4.69, 9.17) is 18.9 Å². The van der Waals surface area contributed by atoms with Gasteiger partial charge < -0.3 is 28.7 Å². The number of anilines is 2. The second kappa shape index (κ2) is 12.5. The Kier molecular flexibility index (Phi) is 8.30. The van der Waals surface area contributed by atoms with Crippen LogP contribution in [0.15, 0.2) is 93.3 Å². The van der Waals surface area contributed by atoms with Crippen LogP contribution in [0.3, 0.4) is 0 Å². The zero-order chi connectivity index (χ0) is 31.6. The molecule has 2 aliphatic rings. The molecule has 0 atom stereocenters. The number of rotatable bonds is 6. The standard InChI is InChI=1S/C35H38N6O4/c1-7-40(8-2)25-13-17-29-33(21-25)44-35(42-31-19-23(5)11-15-27(31)36-38-29)43-32-20-24(6)12-16-28(32)37-39-30-18-14-26(22-34(30)45-35)41(9-3)10-4/h11-22H,7-10H2,1-6H3. The molecule has 10 nitrogen and oxygen atoms in total. The van der Waals surface area contributed by atoms with E-state index in [1.165, 1.54) is 0 Å². The number of aryl methyl sites for hydroxylation is 2. The summed E-state index contributed by atoms with van der Waals surface area (Å²) in [5.41, 5.74) is 5.77. The van der Waals surface area contributed by atoms with Crippen molar-refractivity contribution in [3.8, 4) is 23.0 Å². The number of fused-ring (bicyclic) bond motifs is 4.